The van der Waals surface area contributed by atoms with E-state index in [-0.39, 0.29) is 5.82 Å². The van der Waals surface area contributed by atoms with Crippen molar-refractivity contribution in [3.8, 4) is 5.69 Å². The number of nitrogens with zero attached hydrogens (tertiary/aromatic N) is 5. The molecule has 0 aliphatic heterocycles. The Hall–Kier alpha value is -2.41. The molecule has 144 valence electrons. The zero-order valence-electron chi connectivity index (χ0n) is 15.6. The van der Waals surface area contributed by atoms with Crippen molar-refractivity contribution >= 4 is 11.8 Å². The number of aromatic nitrogens is 5. The van der Waals surface area contributed by atoms with Gasteiger partial charge < -0.3 is 4.57 Å². The molecule has 1 saturated carbocycles. The summed E-state index contributed by atoms with van der Waals surface area (Å²) in [6.07, 6.45) is 7.53. The van der Waals surface area contributed by atoms with Crippen molar-refractivity contribution in [2.45, 2.75) is 55.5 Å². The van der Waals surface area contributed by atoms with Crippen molar-refractivity contribution < 1.29 is 4.39 Å². The van der Waals surface area contributed by atoms with Gasteiger partial charge in [-0.1, -0.05) is 17.8 Å². The third kappa shape index (κ3) is 3.17. The van der Waals surface area contributed by atoms with Gasteiger partial charge in [-0.2, -0.15) is 5.10 Å². The first-order chi connectivity index (χ1) is 13.7. The van der Waals surface area contributed by atoms with Crippen LogP contribution in [0.25, 0.3) is 5.69 Å². The fraction of sp³-hybridized carbons (Fsp3) is 0.381. The largest absolute Gasteiger partial charge is 0.302 e. The molecule has 2 heterocycles. The molecular formula is C21H22FN5S. The number of rotatable bonds is 7. The first-order valence-corrected chi connectivity index (χ1v) is 10.8. The van der Waals surface area contributed by atoms with Gasteiger partial charge in [-0.15, -0.1) is 16.8 Å². The van der Waals surface area contributed by atoms with E-state index in [2.05, 4.69) is 21.3 Å². The zero-order chi connectivity index (χ0) is 19.1. The Morgan fingerprint density at radius 3 is 2.75 bits per heavy atom. The molecule has 0 amide bonds. The highest BCUT2D eigenvalue weighted by atomic mass is 32.2. The zero-order valence-corrected chi connectivity index (χ0v) is 16.5. The Morgan fingerprint density at radius 2 is 2.00 bits per heavy atom. The van der Waals surface area contributed by atoms with Gasteiger partial charge >= 0.3 is 0 Å². The summed E-state index contributed by atoms with van der Waals surface area (Å²) in [5, 5.41) is 14.7. The lowest BCUT2D eigenvalue weighted by molar-refractivity contribution is 0.626. The van der Waals surface area contributed by atoms with Gasteiger partial charge in [0, 0.05) is 23.9 Å². The Morgan fingerprint density at radius 1 is 1.18 bits per heavy atom. The van der Waals surface area contributed by atoms with E-state index in [1.54, 1.807) is 23.9 Å². The van der Waals surface area contributed by atoms with E-state index in [0.717, 1.165) is 53.9 Å². The summed E-state index contributed by atoms with van der Waals surface area (Å²) in [7, 11) is 0. The Balaban J connectivity index is 1.41. The maximum Gasteiger partial charge on any atom is 0.191 e. The topological polar surface area (TPSA) is 48.5 Å². The van der Waals surface area contributed by atoms with E-state index in [1.807, 2.05) is 10.8 Å². The molecule has 5 rings (SSSR count). The molecule has 3 aromatic rings. The molecule has 2 aliphatic rings. The molecule has 2 aromatic heterocycles. The predicted molar refractivity (Wildman–Crippen MR) is 107 cm³/mol. The fourth-order valence-corrected chi connectivity index (χ4v) is 4.83. The van der Waals surface area contributed by atoms with Gasteiger partial charge in [-0.05, 0) is 61.9 Å². The average molecular weight is 396 g/mol. The molecule has 0 unspecified atom stereocenters. The summed E-state index contributed by atoms with van der Waals surface area (Å²) in [5.74, 6) is 2.18. The molecule has 0 atom stereocenters. The lowest BCUT2D eigenvalue weighted by Crippen LogP contribution is -2.03. The standard InChI is InChI=1S/C21H22FN5S/c1-2-12-26-20(14-6-7-14)23-24-21(26)28-13-18-17-4-3-5-19(17)27(25-18)16-10-8-15(22)9-11-16/h2,8-11,14H,1,3-7,12-13H2. The molecule has 0 N–H and O–H groups in total. The number of halogens is 1. The van der Waals surface area contributed by atoms with Crippen LogP contribution in [0, 0.1) is 5.82 Å². The van der Waals surface area contributed by atoms with E-state index in [0.29, 0.717) is 5.92 Å². The molecule has 1 aromatic carbocycles. The van der Waals surface area contributed by atoms with Crippen LogP contribution in [0.4, 0.5) is 4.39 Å². The van der Waals surface area contributed by atoms with Crippen LogP contribution in [-0.4, -0.2) is 24.5 Å². The van der Waals surface area contributed by atoms with Crippen LogP contribution < -0.4 is 0 Å². The van der Waals surface area contributed by atoms with Gasteiger partial charge in [-0.25, -0.2) is 9.07 Å². The van der Waals surface area contributed by atoms with Crippen LogP contribution in [0.2, 0.25) is 0 Å². The fourth-order valence-electron chi connectivity index (χ4n) is 3.91. The van der Waals surface area contributed by atoms with Crippen molar-refractivity contribution in [2.24, 2.45) is 0 Å². The van der Waals surface area contributed by atoms with Gasteiger partial charge in [0.1, 0.15) is 11.6 Å². The number of thioether (sulfide) groups is 1. The monoisotopic (exact) mass is 395 g/mol. The smallest absolute Gasteiger partial charge is 0.191 e. The Kier molecular flexibility index (Phi) is 4.55. The predicted octanol–water partition coefficient (Wildman–Crippen LogP) is 4.45. The third-order valence-corrected chi connectivity index (χ3v) is 6.40. The molecule has 0 spiro atoms. The number of benzene rings is 1. The van der Waals surface area contributed by atoms with Crippen molar-refractivity contribution in [1.82, 2.24) is 24.5 Å². The van der Waals surface area contributed by atoms with Crippen molar-refractivity contribution in [3.05, 3.63) is 65.5 Å². The normalized spacial score (nSPS) is 15.8. The number of fused-ring (bicyclic) bond motifs is 1. The first-order valence-electron chi connectivity index (χ1n) is 9.77. The minimum Gasteiger partial charge on any atom is -0.302 e. The molecule has 28 heavy (non-hydrogen) atoms. The summed E-state index contributed by atoms with van der Waals surface area (Å²) in [6, 6.07) is 6.56. The maximum absolute atomic E-state index is 13.3. The van der Waals surface area contributed by atoms with E-state index >= 15 is 0 Å². The van der Waals surface area contributed by atoms with Crippen molar-refractivity contribution in [2.75, 3.05) is 0 Å². The van der Waals surface area contributed by atoms with Crippen LogP contribution in [0.3, 0.4) is 0 Å². The molecule has 0 bridgehead atoms. The lowest BCUT2D eigenvalue weighted by Gasteiger charge is -2.07. The molecule has 0 saturated heterocycles. The third-order valence-electron chi connectivity index (χ3n) is 5.42. The highest BCUT2D eigenvalue weighted by Gasteiger charge is 2.30. The molecular weight excluding hydrogens is 373 g/mol. The Bertz CT molecular complexity index is 1020. The van der Waals surface area contributed by atoms with Gasteiger partial charge in [-0.3, -0.25) is 0 Å². The second-order valence-electron chi connectivity index (χ2n) is 7.42. The summed E-state index contributed by atoms with van der Waals surface area (Å²) < 4.78 is 17.5. The van der Waals surface area contributed by atoms with Crippen molar-refractivity contribution in [1.29, 1.82) is 0 Å². The number of hydrogen-bond donors (Lipinski definition) is 0. The number of hydrogen-bond acceptors (Lipinski definition) is 4. The minimum absolute atomic E-state index is 0.226. The van der Waals surface area contributed by atoms with Gasteiger partial charge in [0.15, 0.2) is 5.16 Å². The second kappa shape index (κ2) is 7.20. The van der Waals surface area contributed by atoms with Crippen LogP contribution in [-0.2, 0) is 25.1 Å². The highest BCUT2D eigenvalue weighted by Crippen LogP contribution is 2.40. The SMILES string of the molecule is C=CCn1c(SCc2nn(-c3ccc(F)cc3)c3c2CCC3)nnc1C1CC1. The summed E-state index contributed by atoms with van der Waals surface area (Å²) >= 11 is 1.69. The second-order valence-corrected chi connectivity index (χ2v) is 8.36. The molecule has 5 nitrogen and oxygen atoms in total. The molecule has 0 radical (unpaired) electrons. The quantitative estimate of drug-likeness (QED) is 0.438. The summed E-state index contributed by atoms with van der Waals surface area (Å²) in [4.78, 5) is 0. The average Bonchev–Trinajstić information content (AvgIpc) is 3.14. The van der Waals surface area contributed by atoms with Crippen molar-refractivity contribution in [3.63, 3.8) is 0 Å². The van der Waals surface area contributed by atoms with Crippen LogP contribution >= 0.6 is 11.8 Å². The molecule has 1 fully saturated rings. The highest BCUT2D eigenvalue weighted by molar-refractivity contribution is 7.98. The van der Waals surface area contributed by atoms with Gasteiger partial charge in [0.05, 0.1) is 11.4 Å². The minimum atomic E-state index is -0.226. The van der Waals surface area contributed by atoms with E-state index in [4.69, 9.17) is 5.10 Å². The van der Waals surface area contributed by atoms with Gasteiger partial charge in [0.25, 0.3) is 0 Å². The maximum atomic E-state index is 13.3. The van der Waals surface area contributed by atoms with Gasteiger partial charge in [0.2, 0.25) is 0 Å². The van der Waals surface area contributed by atoms with E-state index in [9.17, 15) is 4.39 Å². The van der Waals surface area contributed by atoms with Crippen LogP contribution in [0.5, 0.6) is 0 Å². The molecule has 2 aliphatic carbocycles. The van der Waals surface area contributed by atoms with Crippen LogP contribution in [0.15, 0.2) is 42.1 Å². The van der Waals surface area contributed by atoms with E-state index in [1.165, 1.54) is 36.2 Å². The Labute approximate surface area is 167 Å². The first kappa shape index (κ1) is 17.7. The molecule has 7 heteroatoms. The summed E-state index contributed by atoms with van der Waals surface area (Å²) in [5.41, 5.74) is 4.62. The van der Waals surface area contributed by atoms with Crippen LogP contribution in [0.1, 0.15) is 48.0 Å². The lowest BCUT2D eigenvalue weighted by atomic mass is 10.2. The summed E-state index contributed by atoms with van der Waals surface area (Å²) in [6.45, 7) is 4.62. The van der Waals surface area contributed by atoms with E-state index < -0.39 is 0 Å². The number of allylic oxidation sites excluding steroid dienone is 1.